The van der Waals surface area contributed by atoms with Gasteiger partial charge in [0, 0.05) is 54.3 Å². The molecule has 1 aromatic heterocycles. The van der Waals surface area contributed by atoms with E-state index in [9.17, 15) is 9.90 Å². The van der Waals surface area contributed by atoms with Gasteiger partial charge in [-0.2, -0.15) is 0 Å². The molecular formula is C27H32N2O4. The van der Waals surface area contributed by atoms with Crippen molar-refractivity contribution in [2.24, 2.45) is 11.8 Å². The molecule has 0 amide bonds. The lowest BCUT2D eigenvalue weighted by atomic mass is 9.82. The third-order valence-corrected chi connectivity index (χ3v) is 7.58. The van der Waals surface area contributed by atoms with Crippen LogP contribution in [-0.4, -0.2) is 47.3 Å². The molecule has 2 N–H and O–H groups in total. The molecule has 2 aliphatic rings. The highest BCUT2D eigenvalue weighted by atomic mass is 16.5. The Labute approximate surface area is 194 Å². The second-order valence-corrected chi connectivity index (χ2v) is 9.36. The molecule has 0 spiro atoms. The van der Waals surface area contributed by atoms with Gasteiger partial charge in [-0.1, -0.05) is 12.1 Å². The molecule has 1 aliphatic heterocycles. The summed E-state index contributed by atoms with van der Waals surface area (Å²) in [7, 11) is 1.74. The van der Waals surface area contributed by atoms with Crippen molar-refractivity contribution in [1.29, 1.82) is 0 Å². The van der Waals surface area contributed by atoms with Crippen molar-refractivity contribution in [3.63, 3.8) is 0 Å². The van der Waals surface area contributed by atoms with Crippen LogP contribution >= 0.6 is 0 Å². The van der Waals surface area contributed by atoms with Gasteiger partial charge in [0.25, 0.3) is 0 Å². The highest BCUT2D eigenvalue weighted by Crippen LogP contribution is 2.50. The van der Waals surface area contributed by atoms with E-state index in [-0.39, 0.29) is 12.1 Å². The van der Waals surface area contributed by atoms with Gasteiger partial charge in [-0.25, -0.2) is 4.79 Å². The number of likely N-dealkylation sites (tertiary alicyclic amines) is 1. The Morgan fingerprint density at radius 1 is 1.21 bits per heavy atom. The lowest BCUT2D eigenvalue weighted by Crippen LogP contribution is -2.47. The van der Waals surface area contributed by atoms with E-state index in [1.807, 2.05) is 18.3 Å². The number of fused-ring (bicyclic) bond motifs is 3. The van der Waals surface area contributed by atoms with Gasteiger partial charge in [-0.15, -0.1) is 0 Å². The van der Waals surface area contributed by atoms with Crippen LogP contribution in [0.5, 0.6) is 5.75 Å². The number of benzene rings is 2. The Bertz CT molecular complexity index is 1150. The summed E-state index contributed by atoms with van der Waals surface area (Å²) in [4.78, 5) is 17.4. The minimum atomic E-state index is -0.894. The Morgan fingerprint density at radius 3 is 2.70 bits per heavy atom. The Morgan fingerprint density at radius 2 is 2.00 bits per heavy atom. The predicted molar refractivity (Wildman–Crippen MR) is 128 cm³/mol. The predicted octanol–water partition coefficient (Wildman–Crippen LogP) is 5.17. The summed E-state index contributed by atoms with van der Waals surface area (Å²) in [5.41, 5.74) is 5.00. The van der Waals surface area contributed by atoms with Crippen LogP contribution in [0.4, 0.5) is 0 Å². The minimum absolute atomic E-state index is 0.170. The van der Waals surface area contributed by atoms with Crippen LogP contribution in [0.25, 0.3) is 10.9 Å². The van der Waals surface area contributed by atoms with E-state index in [4.69, 9.17) is 9.47 Å². The molecule has 174 valence electrons. The van der Waals surface area contributed by atoms with Crippen LogP contribution < -0.4 is 4.74 Å². The number of ether oxygens (including phenoxy) is 2. The third-order valence-electron chi connectivity index (χ3n) is 7.58. The number of nitrogens with one attached hydrogen (secondary N) is 1. The zero-order valence-electron chi connectivity index (χ0n) is 19.5. The lowest BCUT2D eigenvalue weighted by molar-refractivity contribution is -0.0679. The van der Waals surface area contributed by atoms with Crippen LogP contribution in [0.3, 0.4) is 0 Å². The first kappa shape index (κ1) is 22.0. The molecule has 3 unspecified atom stereocenters. The summed E-state index contributed by atoms with van der Waals surface area (Å²) < 4.78 is 12.1. The van der Waals surface area contributed by atoms with E-state index in [2.05, 4.69) is 35.9 Å². The van der Waals surface area contributed by atoms with Crippen LogP contribution in [-0.2, 0) is 11.3 Å². The number of methoxy groups -OCH3 is 1. The van der Waals surface area contributed by atoms with Crippen molar-refractivity contribution in [2.75, 3.05) is 20.3 Å². The number of carboxylic acid groups (broad SMARTS) is 1. The average molecular weight is 449 g/mol. The first-order valence-electron chi connectivity index (χ1n) is 11.8. The molecule has 2 aromatic carbocycles. The molecule has 6 heteroatoms. The number of carboxylic acids is 1. The molecule has 2 fully saturated rings. The fourth-order valence-corrected chi connectivity index (χ4v) is 6.18. The highest BCUT2D eigenvalue weighted by molar-refractivity contribution is 5.88. The standard InChI is InChI=1S/C27H32N2O4/c1-4-33-26-19-9-10-21(26)25(17-5-7-18(8-6-17)27(30)31)29(14-19)15-22-20-11-12-28-24(20)16(2)13-23(22)32-3/h5-8,11-13,19,21,25-26,28H,4,9-10,14-15H2,1-3H3,(H,30,31)/t19?,21?,25-,26?/m1/s1. The minimum Gasteiger partial charge on any atom is -0.496 e. The number of H-pyrrole nitrogens is 1. The van der Waals surface area contributed by atoms with Gasteiger partial charge in [0.05, 0.1) is 18.8 Å². The first-order valence-corrected chi connectivity index (χ1v) is 11.8. The molecule has 1 saturated heterocycles. The molecule has 2 bridgehead atoms. The molecule has 2 heterocycles. The first-order chi connectivity index (χ1) is 16.0. The van der Waals surface area contributed by atoms with Crippen molar-refractivity contribution in [1.82, 2.24) is 9.88 Å². The van der Waals surface area contributed by atoms with Crippen molar-refractivity contribution in [2.45, 2.75) is 45.4 Å². The largest absolute Gasteiger partial charge is 0.496 e. The van der Waals surface area contributed by atoms with Crippen LogP contribution in [0.15, 0.2) is 42.6 Å². The van der Waals surface area contributed by atoms with Gasteiger partial charge in [-0.3, -0.25) is 4.90 Å². The topological polar surface area (TPSA) is 74.8 Å². The second-order valence-electron chi connectivity index (χ2n) is 9.36. The fourth-order valence-electron chi connectivity index (χ4n) is 6.18. The number of carbonyl (C=O) groups is 1. The number of nitrogens with zero attached hydrogens (tertiary/aromatic N) is 1. The van der Waals surface area contributed by atoms with Gasteiger partial charge in [0.2, 0.25) is 0 Å². The van der Waals surface area contributed by atoms with Crippen molar-refractivity contribution < 1.29 is 19.4 Å². The van der Waals surface area contributed by atoms with Gasteiger partial charge >= 0.3 is 5.97 Å². The number of aromatic amines is 1. The smallest absolute Gasteiger partial charge is 0.335 e. The molecule has 4 atom stereocenters. The zero-order chi connectivity index (χ0) is 23.1. The fraction of sp³-hybridized carbons (Fsp3) is 0.444. The molecule has 33 heavy (non-hydrogen) atoms. The monoisotopic (exact) mass is 448 g/mol. The SMILES string of the molecule is CCOC1C2CCC1[C@@H](c1ccc(C(=O)O)cc1)N(Cc1c(OC)cc(C)c3[nH]ccc13)C2. The zero-order valence-corrected chi connectivity index (χ0v) is 19.5. The number of aryl methyl sites for hydroxylation is 1. The maximum Gasteiger partial charge on any atom is 0.335 e. The molecule has 3 aromatic rings. The highest BCUT2D eigenvalue weighted by Gasteiger charge is 2.49. The Balaban J connectivity index is 1.56. The number of rotatable bonds is 7. The molecule has 5 rings (SSSR count). The Kier molecular flexibility index (Phi) is 5.89. The summed E-state index contributed by atoms with van der Waals surface area (Å²) in [6, 6.07) is 11.8. The maximum absolute atomic E-state index is 11.4. The van der Waals surface area contributed by atoms with Crippen LogP contribution in [0.1, 0.15) is 52.9 Å². The van der Waals surface area contributed by atoms with Crippen LogP contribution in [0, 0.1) is 18.8 Å². The second kappa shape index (κ2) is 8.84. The summed E-state index contributed by atoms with van der Waals surface area (Å²) in [6.45, 7) is 6.62. The van der Waals surface area contributed by atoms with Gasteiger partial charge in [0.15, 0.2) is 0 Å². The van der Waals surface area contributed by atoms with Crippen molar-refractivity contribution in [3.05, 3.63) is 64.8 Å². The molecule has 1 saturated carbocycles. The maximum atomic E-state index is 11.4. The number of hydrogen-bond acceptors (Lipinski definition) is 4. The van der Waals surface area contributed by atoms with E-state index in [1.165, 1.54) is 22.9 Å². The quantitative estimate of drug-likeness (QED) is 0.522. The average Bonchev–Trinajstić information content (AvgIpc) is 3.40. The third kappa shape index (κ3) is 3.81. The molecular weight excluding hydrogens is 416 g/mol. The molecule has 1 aliphatic carbocycles. The molecule has 0 radical (unpaired) electrons. The van der Waals surface area contributed by atoms with Crippen molar-refractivity contribution in [3.8, 4) is 5.75 Å². The summed E-state index contributed by atoms with van der Waals surface area (Å²) in [6.07, 6.45) is 4.54. The number of piperidine rings is 1. The van der Waals surface area contributed by atoms with Crippen LogP contribution in [0.2, 0.25) is 0 Å². The summed E-state index contributed by atoms with van der Waals surface area (Å²) in [5.74, 6) is 0.924. The van der Waals surface area contributed by atoms with E-state index >= 15 is 0 Å². The van der Waals surface area contributed by atoms with Gasteiger partial charge in [-0.05, 0) is 68.0 Å². The molecule has 6 nitrogen and oxygen atoms in total. The van der Waals surface area contributed by atoms with Crippen molar-refractivity contribution >= 4 is 16.9 Å². The number of aromatic nitrogens is 1. The van der Waals surface area contributed by atoms with E-state index < -0.39 is 5.97 Å². The number of hydrogen-bond donors (Lipinski definition) is 2. The lowest BCUT2D eigenvalue weighted by Gasteiger charge is -2.45. The normalized spacial score (nSPS) is 24.9. The number of aromatic carboxylic acids is 1. The summed E-state index contributed by atoms with van der Waals surface area (Å²) >= 11 is 0. The van der Waals surface area contributed by atoms with Gasteiger partial charge in [0.1, 0.15) is 5.75 Å². The Hall–Kier alpha value is -2.83. The van der Waals surface area contributed by atoms with E-state index in [1.54, 1.807) is 19.2 Å². The van der Waals surface area contributed by atoms with Gasteiger partial charge < -0.3 is 19.6 Å². The van der Waals surface area contributed by atoms with E-state index in [0.717, 1.165) is 42.9 Å². The van der Waals surface area contributed by atoms with E-state index in [0.29, 0.717) is 17.4 Å². The summed E-state index contributed by atoms with van der Waals surface area (Å²) in [5, 5.41) is 10.6.